The fourth-order valence-corrected chi connectivity index (χ4v) is 3.79. The molecule has 12 heteroatoms. The van der Waals surface area contributed by atoms with Gasteiger partial charge in [0, 0.05) is 5.69 Å². The van der Waals surface area contributed by atoms with Gasteiger partial charge in [-0.25, -0.2) is 13.2 Å². The van der Waals surface area contributed by atoms with E-state index in [-0.39, 0.29) is 21.1 Å². The Morgan fingerprint density at radius 1 is 1.04 bits per heavy atom. The van der Waals surface area contributed by atoms with Gasteiger partial charge in [-0.3, -0.25) is 4.72 Å². The molecular weight excluding hydrogens is 399 g/mol. The lowest BCUT2D eigenvalue weighted by Gasteiger charge is -2.11. The smallest absolute Gasteiger partial charge is 0.406 e. The second kappa shape index (κ2) is 6.25. The Morgan fingerprint density at radius 3 is 2.19 bits per heavy atom. The summed E-state index contributed by atoms with van der Waals surface area (Å²) in [5.74, 6) is -0.496. The zero-order chi connectivity index (χ0) is 19.1. The number of aromatic amines is 2. The van der Waals surface area contributed by atoms with Crippen molar-refractivity contribution in [2.24, 2.45) is 0 Å². The maximum Gasteiger partial charge on any atom is 0.573 e. The number of halogens is 4. The quantitative estimate of drug-likeness (QED) is 0.617. The van der Waals surface area contributed by atoms with Gasteiger partial charge in [-0.15, -0.1) is 13.2 Å². The third-order valence-electron chi connectivity index (χ3n) is 3.20. The monoisotopic (exact) mass is 407 g/mol. The summed E-state index contributed by atoms with van der Waals surface area (Å²) in [6.45, 7) is 0. The number of fused-ring (bicyclic) bond motifs is 1. The molecule has 3 N–H and O–H groups in total. The van der Waals surface area contributed by atoms with Crippen molar-refractivity contribution in [3.8, 4) is 5.75 Å². The molecule has 138 valence electrons. The second-order valence-electron chi connectivity index (χ2n) is 5.09. The fraction of sp³-hybridized carbons (Fsp3) is 0.0714. The Bertz CT molecular complexity index is 1120. The first-order valence-corrected chi connectivity index (χ1v) is 8.70. The molecule has 1 aromatic heterocycles. The Kier molecular flexibility index (Phi) is 4.36. The van der Waals surface area contributed by atoms with Gasteiger partial charge in [0.2, 0.25) is 0 Å². The van der Waals surface area contributed by atoms with E-state index in [9.17, 15) is 26.4 Å². The molecule has 0 spiro atoms. The maximum atomic E-state index is 12.5. The number of alkyl halides is 3. The molecule has 3 rings (SSSR count). The average molecular weight is 408 g/mol. The molecule has 26 heavy (non-hydrogen) atoms. The van der Waals surface area contributed by atoms with Gasteiger partial charge < -0.3 is 14.7 Å². The van der Waals surface area contributed by atoms with Crippen molar-refractivity contribution in [2.75, 3.05) is 4.72 Å². The minimum atomic E-state index is -4.85. The van der Waals surface area contributed by atoms with E-state index in [1.165, 1.54) is 12.1 Å². The van der Waals surface area contributed by atoms with Crippen LogP contribution in [0.4, 0.5) is 18.9 Å². The van der Waals surface area contributed by atoms with Gasteiger partial charge in [-0.05, 0) is 36.4 Å². The van der Waals surface area contributed by atoms with Gasteiger partial charge in [0.1, 0.15) is 10.6 Å². The summed E-state index contributed by atoms with van der Waals surface area (Å²) in [6.07, 6.45) is -4.85. The number of hydrogen-bond acceptors (Lipinski definition) is 4. The summed E-state index contributed by atoms with van der Waals surface area (Å²) in [5, 5.41) is -0.141. The normalized spacial score (nSPS) is 12.3. The van der Waals surface area contributed by atoms with E-state index in [0.29, 0.717) is 5.52 Å². The summed E-state index contributed by atoms with van der Waals surface area (Å²) < 4.78 is 67.2. The van der Waals surface area contributed by atoms with Crippen molar-refractivity contribution >= 4 is 38.3 Å². The first-order chi connectivity index (χ1) is 12.0. The van der Waals surface area contributed by atoms with Gasteiger partial charge in [-0.1, -0.05) is 11.6 Å². The number of aromatic nitrogens is 2. The molecule has 0 amide bonds. The number of rotatable bonds is 4. The van der Waals surface area contributed by atoms with E-state index in [4.69, 9.17) is 11.6 Å². The van der Waals surface area contributed by atoms with Gasteiger partial charge in [-0.2, -0.15) is 0 Å². The molecular formula is C14H9ClF3N3O4S. The van der Waals surface area contributed by atoms with Crippen LogP contribution in [0.3, 0.4) is 0 Å². The predicted octanol–water partition coefficient (Wildman–Crippen LogP) is 3.21. The molecule has 0 aliphatic rings. The zero-order valence-corrected chi connectivity index (χ0v) is 14.1. The molecule has 0 radical (unpaired) electrons. The van der Waals surface area contributed by atoms with Crippen LogP contribution in [0.5, 0.6) is 5.75 Å². The van der Waals surface area contributed by atoms with Gasteiger partial charge >= 0.3 is 12.1 Å². The summed E-state index contributed by atoms with van der Waals surface area (Å²) in [4.78, 5) is 15.8. The summed E-state index contributed by atoms with van der Waals surface area (Å²) in [5.41, 5.74) is 0.0263. The second-order valence-corrected chi connectivity index (χ2v) is 7.14. The molecule has 0 saturated heterocycles. The summed E-state index contributed by atoms with van der Waals surface area (Å²) in [7, 11) is -4.16. The minimum Gasteiger partial charge on any atom is -0.406 e. The number of H-pyrrole nitrogens is 2. The highest BCUT2D eigenvalue weighted by atomic mass is 35.5. The van der Waals surface area contributed by atoms with Crippen molar-refractivity contribution in [2.45, 2.75) is 11.3 Å². The van der Waals surface area contributed by atoms with E-state index in [1.54, 1.807) is 0 Å². The van der Waals surface area contributed by atoms with Crippen LogP contribution < -0.4 is 15.1 Å². The predicted molar refractivity (Wildman–Crippen MR) is 87.9 cm³/mol. The molecule has 0 aliphatic carbocycles. The van der Waals surface area contributed by atoms with Crippen molar-refractivity contribution in [1.82, 2.24) is 9.97 Å². The zero-order valence-electron chi connectivity index (χ0n) is 12.5. The van der Waals surface area contributed by atoms with E-state index in [0.717, 1.165) is 24.3 Å². The van der Waals surface area contributed by atoms with E-state index >= 15 is 0 Å². The molecule has 7 nitrogen and oxygen atoms in total. The fourth-order valence-electron chi connectivity index (χ4n) is 2.18. The lowest BCUT2D eigenvalue weighted by atomic mass is 10.3. The van der Waals surface area contributed by atoms with Crippen molar-refractivity contribution < 1.29 is 26.3 Å². The van der Waals surface area contributed by atoms with Crippen molar-refractivity contribution in [1.29, 1.82) is 0 Å². The Balaban J connectivity index is 1.89. The standard InChI is InChI=1S/C14H9ClF3N3O4S/c15-9-5-10-11(20-13(22)19-10)6-12(9)26(23,24)21-7-1-3-8(4-2-7)25-14(16,17)18/h1-6,21H,(H2,19,20,22). The topological polar surface area (TPSA) is 104 Å². The highest BCUT2D eigenvalue weighted by Gasteiger charge is 2.31. The molecule has 2 aromatic carbocycles. The van der Waals surface area contributed by atoms with Crippen molar-refractivity contribution in [3.63, 3.8) is 0 Å². The first-order valence-electron chi connectivity index (χ1n) is 6.84. The Morgan fingerprint density at radius 2 is 1.62 bits per heavy atom. The SMILES string of the molecule is O=c1[nH]c2cc(Cl)c(S(=O)(=O)Nc3ccc(OC(F)(F)F)cc3)cc2[nH]1. The lowest BCUT2D eigenvalue weighted by Crippen LogP contribution is -2.17. The molecule has 0 aliphatic heterocycles. The Labute approximate surface area is 148 Å². The van der Waals surface area contributed by atoms with Gasteiger partial charge in [0.15, 0.2) is 0 Å². The van der Waals surface area contributed by atoms with Crippen molar-refractivity contribution in [3.05, 3.63) is 51.9 Å². The molecule has 0 bridgehead atoms. The Hall–Kier alpha value is -2.66. The molecule has 0 atom stereocenters. The number of sulfonamides is 1. The summed E-state index contributed by atoms with van der Waals surface area (Å²) in [6, 6.07) is 6.55. The number of nitrogens with one attached hydrogen (secondary N) is 3. The number of ether oxygens (including phenoxy) is 1. The number of imidazole rings is 1. The van der Waals surface area contributed by atoms with Crippen LogP contribution in [0.25, 0.3) is 11.0 Å². The van der Waals surface area contributed by atoms with Crippen LogP contribution in [0.2, 0.25) is 5.02 Å². The third-order valence-corrected chi connectivity index (χ3v) is 5.04. The van der Waals surface area contributed by atoms with E-state index in [2.05, 4.69) is 19.4 Å². The first kappa shape index (κ1) is 18.1. The number of hydrogen-bond donors (Lipinski definition) is 3. The third kappa shape index (κ3) is 3.94. The van der Waals surface area contributed by atoms with Gasteiger partial charge in [0.25, 0.3) is 10.0 Å². The minimum absolute atomic E-state index is 0.00162. The largest absolute Gasteiger partial charge is 0.573 e. The highest BCUT2D eigenvalue weighted by Crippen LogP contribution is 2.28. The van der Waals surface area contributed by atoms with Crippen LogP contribution in [-0.4, -0.2) is 24.7 Å². The molecule has 0 unspecified atom stereocenters. The summed E-state index contributed by atoms with van der Waals surface area (Å²) >= 11 is 5.96. The highest BCUT2D eigenvalue weighted by molar-refractivity contribution is 7.92. The van der Waals surface area contributed by atoms with Crippen LogP contribution in [0, 0.1) is 0 Å². The van der Waals surface area contributed by atoms with Crippen LogP contribution >= 0.6 is 11.6 Å². The molecule has 0 fully saturated rings. The molecule has 3 aromatic rings. The number of anilines is 1. The average Bonchev–Trinajstić information content (AvgIpc) is 2.85. The van der Waals surface area contributed by atoms with Gasteiger partial charge in [0.05, 0.1) is 16.1 Å². The van der Waals surface area contributed by atoms with Crippen LogP contribution in [0.15, 0.2) is 46.1 Å². The maximum absolute atomic E-state index is 12.5. The van der Waals surface area contributed by atoms with E-state index < -0.39 is 27.8 Å². The lowest BCUT2D eigenvalue weighted by molar-refractivity contribution is -0.274. The van der Waals surface area contributed by atoms with Crippen LogP contribution in [0.1, 0.15) is 0 Å². The molecule has 1 heterocycles. The molecule has 0 saturated carbocycles. The number of benzene rings is 2. The van der Waals surface area contributed by atoms with E-state index in [1.807, 2.05) is 0 Å². The van der Waals surface area contributed by atoms with Crippen LogP contribution in [-0.2, 0) is 10.0 Å².